The molecule has 1 spiro atoms. The van der Waals surface area contributed by atoms with Crippen molar-refractivity contribution in [3.8, 4) is 0 Å². The van der Waals surface area contributed by atoms with Crippen molar-refractivity contribution in [3.05, 3.63) is 68.7 Å². The smallest absolute Gasteiger partial charge is 0.386 e. The lowest BCUT2D eigenvalue weighted by Gasteiger charge is -2.45. The molecule has 1 saturated heterocycles. The number of hydrogen-bond acceptors (Lipinski definition) is 7. The van der Waals surface area contributed by atoms with Gasteiger partial charge in [0, 0.05) is 40.5 Å². The number of sulfone groups is 1. The number of nitrogens with one attached hydrogen (secondary N) is 1. The Kier molecular flexibility index (Phi) is 6.09. The quantitative estimate of drug-likeness (QED) is 0.598. The van der Waals surface area contributed by atoms with Crippen LogP contribution in [-0.4, -0.2) is 62.1 Å². The number of oxime groups is 1. The second-order valence-corrected chi connectivity index (χ2v) is 12.2. The Labute approximate surface area is 219 Å². The highest BCUT2D eigenvalue weighted by atomic mass is 35.5. The number of hydrogen-bond donors (Lipinski definition) is 1. The van der Waals surface area contributed by atoms with Gasteiger partial charge in [0.1, 0.15) is 22.9 Å². The van der Waals surface area contributed by atoms with Crippen LogP contribution >= 0.6 is 23.2 Å². The van der Waals surface area contributed by atoms with Crippen LogP contribution in [0.5, 0.6) is 0 Å². The number of carbonyl (C=O) groups excluding carboxylic acids is 2. The number of benzene rings is 2. The van der Waals surface area contributed by atoms with Crippen LogP contribution in [0.3, 0.4) is 0 Å². The van der Waals surface area contributed by atoms with Gasteiger partial charge in [-0.2, -0.15) is 13.2 Å². The minimum atomic E-state index is -4.78. The van der Waals surface area contributed by atoms with Gasteiger partial charge in [0.2, 0.25) is 5.91 Å². The van der Waals surface area contributed by atoms with Gasteiger partial charge in [-0.15, -0.1) is 0 Å². The van der Waals surface area contributed by atoms with Gasteiger partial charge in [-0.25, -0.2) is 8.42 Å². The highest BCUT2D eigenvalue weighted by Crippen LogP contribution is 2.47. The van der Waals surface area contributed by atoms with Crippen molar-refractivity contribution < 1.29 is 36.0 Å². The molecule has 196 valence electrons. The Morgan fingerprint density at radius 3 is 2.38 bits per heavy atom. The number of fused-ring (bicyclic) bond motifs is 2. The van der Waals surface area contributed by atoms with Crippen molar-refractivity contribution in [1.29, 1.82) is 0 Å². The summed E-state index contributed by atoms with van der Waals surface area (Å²) in [5.74, 6) is -4.76. The average Bonchev–Trinajstić information content (AvgIpc) is 3.29. The van der Waals surface area contributed by atoms with Crippen LogP contribution in [0.2, 0.25) is 10.0 Å². The zero-order valence-corrected chi connectivity index (χ0v) is 21.3. The third-order valence-corrected chi connectivity index (χ3v) is 7.78. The number of halogens is 5. The Morgan fingerprint density at radius 1 is 1.19 bits per heavy atom. The Morgan fingerprint density at radius 2 is 1.84 bits per heavy atom. The molecule has 0 radical (unpaired) electrons. The summed E-state index contributed by atoms with van der Waals surface area (Å²) in [7, 11) is -3.73. The second kappa shape index (κ2) is 8.69. The first-order valence-corrected chi connectivity index (χ1v) is 13.7. The third-order valence-electron chi connectivity index (χ3n) is 6.58. The Hall–Kier alpha value is -2.67. The van der Waals surface area contributed by atoms with Crippen LogP contribution in [-0.2, 0) is 25.0 Å². The van der Waals surface area contributed by atoms with Crippen molar-refractivity contribution in [1.82, 2.24) is 10.2 Å². The zero-order valence-electron chi connectivity index (χ0n) is 19.0. The average molecular weight is 576 g/mol. The first-order valence-electron chi connectivity index (χ1n) is 10.9. The molecule has 0 bridgehead atoms. The standard InChI is InChI=1S/C23H18Cl2F3N3O5S/c1-37(34,35)8-17(32)31-21(33)15-6-11(2-3-16(15)22(31)9-29-10-22)19-18(23(26,27)28)20(36-30-19)12-4-13(24)7-14(25)5-12/h2-7,18,20,29H,8-10H2,1H3. The minimum absolute atomic E-state index is 0.00118. The van der Waals surface area contributed by atoms with E-state index < -0.39 is 56.9 Å². The van der Waals surface area contributed by atoms with Crippen molar-refractivity contribution in [3.63, 3.8) is 0 Å². The van der Waals surface area contributed by atoms with Crippen LogP contribution in [0, 0.1) is 5.92 Å². The van der Waals surface area contributed by atoms with E-state index in [0.29, 0.717) is 5.56 Å². The van der Waals surface area contributed by atoms with E-state index in [-0.39, 0.29) is 39.8 Å². The third kappa shape index (κ3) is 4.39. The summed E-state index contributed by atoms with van der Waals surface area (Å²) in [6, 6.07) is 8.07. The summed E-state index contributed by atoms with van der Waals surface area (Å²) < 4.78 is 66.3. The first kappa shape index (κ1) is 26.0. The largest absolute Gasteiger partial charge is 0.401 e. The Bertz CT molecular complexity index is 1450. The van der Waals surface area contributed by atoms with Crippen molar-refractivity contribution >= 4 is 50.6 Å². The SMILES string of the molecule is CS(=O)(=O)CC(=O)N1C(=O)c2cc(C3=NOC(c4cc(Cl)cc(Cl)c4)C3C(F)(F)F)ccc2C12CNC2. The molecule has 3 heterocycles. The van der Waals surface area contributed by atoms with E-state index in [2.05, 4.69) is 10.5 Å². The maximum absolute atomic E-state index is 14.3. The van der Waals surface area contributed by atoms with Gasteiger partial charge in [-0.05, 0) is 35.4 Å². The molecule has 8 nitrogen and oxygen atoms in total. The van der Waals surface area contributed by atoms with Gasteiger partial charge in [0.05, 0.1) is 0 Å². The van der Waals surface area contributed by atoms with Crippen LogP contribution in [0.25, 0.3) is 0 Å². The molecule has 2 amide bonds. The lowest BCUT2D eigenvalue weighted by molar-refractivity contribution is -0.177. The summed E-state index contributed by atoms with van der Waals surface area (Å²) in [5, 5.41) is 6.95. The van der Waals surface area contributed by atoms with Gasteiger partial charge in [0.25, 0.3) is 5.91 Å². The fraction of sp³-hybridized carbons (Fsp3) is 0.348. The van der Waals surface area contributed by atoms with E-state index in [4.69, 9.17) is 28.0 Å². The van der Waals surface area contributed by atoms with E-state index in [1.807, 2.05) is 0 Å². The van der Waals surface area contributed by atoms with Crippen LogP contribution in [0.4, 0.5) is 13.2 Å². The molecule has 0 aromatic heterocycles. The topological polar surface area (TPSA) is 105 Å². The number of nitrogens with zero attached hydrogens (tertiary/aromatic N) is 2. The van der Waals surface area contributed by atoms with Crippen LogP contribution in [0.1, 0.15) is 33.2 Å². The summed E-state index contributed by atoms with van der Waals surface area (Å²) >= 11 is 12.0. The monoisotopic (exact) mass is 575 g/mol. The van der Waals surface area contributed by atoms with E-state index in [1.165, 1.54) is 36.4 Å². The lowest BCUT2D eigenvalue weighted by Crippen LogP contribution is -2.66. The molecule has 2 aromatic carbocycles. The fourth-order valence-corrected chi connectivity index (χ4v) is 6.12. The normalized spacial score (nSPS) is 22.5. The van der Waals surface area contributed by atoms with Gasteiger partial charge in [0.15, 0.2) is 15.9 Å². The number of rotatable bonds is 4. The van der Waals surface area contributed by atoms with E-state index in [0.717, 1.165) is 11.2 Å². The minimum Gasteiger partial charge on any atom is -0.386 e. The number of carbonyl (C=O) groups is 2. The lowest BCUT2D eigenvalue weighted by atomic mass is 9.82. The molecule has 14 heteroatoms. The number of amides is 2. The number of alkyl halides is 3. The molecule has 2 atom stereocenters. The van der Waals surface area contributed by atoms with Gasteiger partial charge in [-0.3, -0.25) is 14.5 Å². The summed E-state index contributed by atoms with van der Waals surface area (Å²) in [5.41, 5.74) is -1.09. The number of imide groups is 1. The molecule has 1 N–H and O–H groups in total. The molecule has 3 aliphatic heterocycles. The maximum atomic E-state index is 14.3. The van der Waals surface area contributed by atoms with E-state index in [1.54, 1.807) is 0 Å². The van der Waals surface area contributed by atoms with Crippen LogP contribution < -0.4 is 5.32 Å². The first-order chi connectivity index (χ1) is 17.2. The predicted octanol–water partition coefficient (Wildman–Crippen LogP) is 3.47. The van der Waals surface area contributed by atoms with E-state index in [9.17, 15) is 31.2 Å². The zero-order chi connectivity index (χ0) is 26.9. The molecular weight excluding hydrogens is 558 g/mol. The Balaban J connectivity index is 1.54. The molecule has 5 rings (SSSR count). The molecule has 3 aliphatic rings. The van der Waals surface area contributed by atoms with Crippen molar-refractivity contribution in [2.24, 2.45) is 11.1 Å². The van der Waals surface area contributed by atoms with Crippen molar-refractivity contribution in [2.75, 3.05) is 25.1 Å². The highest BCUT2D eigenvalue weighted by molar-refractivity contribution is 7.91. The molecule has 1 fully saturated rings. The molecule has 0 aliphatic carbocycles. The molecule has 0 saturated carbocycles. The van der Waals surface area contributed by atoms with Gasteiger partial charge < -0.3 is 10.2 Å². The summed E-state index contributed by atoms with van der Waals surface area (Å²) in [4.78, 5) is 32.2. The fourth-order valence-electron chi connectivity index (χ4n) is 5.00. The highest BCUT2D eigenvalue weighted by Gasteiger charge is 2.57. The maximum Gasteiger partial charge on any atom is 0.401 e. The summed E-state index contributed by atoms with van der Waals surface area (Å²) in [6.07, 6.45) is -5.47. The molecule has 2 aromatic rings. The van der Waals surface area contributed by atoms with E-state index >= 15 is 0 Å². The van der Waals surface area contributed by atoms with Crippen molar-refractivity contribution in [2.45, 2.75) is 17.8 Å². The second-order valence-electron chi connectivity index (χ2n) is 9.22. The predicted molar refractivity (Wildman–Crippen MR) is 128 cm³/mol. The molecule has 37 heavy (non-hydrogen) atoms. The molecular formula is C23H18Cl2F3N3O5S. The van der Waals surface area contributed by atoms with Gasteiger partial charge in [-0.1, -0.05) is 40.5 Å². The summed E-state index contributed by atoms with van der Waals surface area (Å²) in [6.45, 7) is 0.376. The van der Waals surface area contributed by atoms with Crippen LogP contribution in [0.15, 0.2) is 41.6 Å². The molecule has 2 unspecified atom stereocenters. The van der Waals surface area contributed by atoms with Gasteiger partial charge >= 0.3 is 6.18 Å².